The second-order valence-corrected chi connectivity index (χ2v) is 3.86. The van der Waals surface area contributed by atoms with Crippen LogP contribution in [0.4, 0.5) is 0 Å². The molecule has 0 bridgehead atoms. The summed E-state index contributed by atoms with van der Waals surface area (Å²) in [6, 6.07) is -1.65. The van der Waals surface area contributed by atoms with Crippen molar-refractivity contribution in [3.63, 3.8) is 0 Å². The number of hydrogen-bond acceptors (Lipinski definition) is 4. The molecule has 0 radical (unpaired) electrons. The number of aliphatic carboxylic acids is 1. The van der Waals surface area contributed by atoms with Crippen LogP contribution in [0.15, 0.2) is 0 Å². The Labute approximate surface area is 94.8 Å². The summed E-state index contributed by atoms with van der Waals surface area (Å²) in [4.78, 5) is 22.2. The molecule has 0 spiro atoms. The maximum Gasteiger partial charge on any atom is 0.326 e. The van der Waals surface area contributed by atoms with E-state index >= 15 is 0 Å². The van der Waals surface area contributed by atoms with Gasteiger partial charge in [-0.25, -0.2) is 4.79 Å². The van der Waals surface area contributed by atoms with Crippen molar-refractivity contribution in [2.24, 2.45) is 11.7 Å². The predicted molar refractivity (Wildman–Crippen MR) is 60.8 cm³/mol. The summed E-state index contributed by atoms with van der Waals surface area (Å²) in [5.74, 6) is -1.45. The first-order valence-electron chi connectivity index (χ1n) is 4.83. The standard InChI is InChI=1S/C9H18N2O3S/c1-3-5(2)7(9(13)14)11-8(12)6(10)4-15/h5-7,15H,3-4,10H2,1-2H3,(H,11,12)(H,13,14)/t5-,6?,7-/m0/s1. The van der Waals surface area contributed by atoms with Gasteiger partial charge in [0.15, 0.2) is 0 Å². The second kappa shape index (κ2) is 6.68. The number of carbonyl (C=O) groups excluding carboxylic acids is 1. The molecule has 0 fully saturated rings. The molecule has 6 heteroatoms. The van der Waals surface area contributed by atoms with Crippen LogP contribution in [-0.4, -0.2) is 34.8 Å². The number of thiol groups is 1. The first-order valence-corrected chi connectivity index (χ1v) is 5.46. The van der Waals surface area contributed by atoms with E-state index in [0.717, 1.165) is 0 Å². The van der Waals surface area contributed by atoms with Crippen molar-refractivity contribution < 1.29 is 14.7 Å². The topological polar surface area (TPSA) is 92.4 Å². The summed E-state index contributed by atoms with van der Waals surface area (Å²) in [6.45, 7) is 3.64. The van der Waals surface area contributed by atoms with Crippen LogP contribution in [0.3, 0.4) is 0 Å². The molecule has 5 nitrogen and oxygen atoms in total. The molecule has 0 heterocycles. The fraction of sp³-hybridized carbons (Fsp3) is 0.778. The van der Waals surface area contributed by atoms with Crippen LogP contribution < -0.4 is 11.1 Å². The SMILES string of the molecule is CC[C@H](C)[C@H](NC(=O)C(N)CS)C(=O)O. The van der Waals surface area contributed by atoms with Gasteiger partial charge in [0.05, 0.1) is 6.04 Å². The number of carboxylic acids is 1. The van der Waals surface area contributed by atoms with E-state index in [9.17, 15) is 9.59 Å². The van der Waals surface area contributed by atoms with Crippen molar-refractivity contribution in [1.29, 1.82) is 0 Å². The Morgan fingerprint density at radius 2 is 2.07 bits per heavy atom. The molecule has 0 saturated carbocycles. The third-order valence-electron chi connectivity index (χ3n) is 2.31. The molecule has 0 aliphatic carbocycles. The van der Waals surface area contributed by atoms with Gasteiger partial charge in [-0.15, -0.1) is 0 Å². The molecule has 0 aliphatic rings. The molecule has 0 aromatic rings. The highest BCUT2D eigenvalue weighted by molar-refractivity contribution is 7.80. The van der Waals surface area contributed by atoms with Gasteiger partial charge in [0, 0.05) is 5.75 Å². The minimum Gasteiger partial charge on any atom is -0.480 e. The fourth-order valence-corrected chi connectivity index (χ4v) is 1.19. The maximum absolute atomic E-state index is 11.4. The molecule has 0 saturated heterocycles. The quantitative estimate of drug-likeness (QED) is 0.481. The molecule has 88 valence electrons. The Morgan fingerprint density at radius 3 is 2.40 bits per heavy atom. The van der Waals surface area contributed by atoms with Gasteiger partial charge in [-0.05, 0) is 5.92 Å². The maximum atomic E-state index is 11.4. The van der Waals surface area contributed by atoms with E-state index in [-0.39, 0.29) is 11.7 Å². The van der Waals surface area contributed by atoms with Crippen LogP contribution in [0.5, 0.6) is 0 Å². The Hall–Kier alpha value is -0.750. The molecular formula is C9H18N2O3S. The van der Waals surface area contributed by atoms with E-state index in [1.807, 2.05) is 6.92 Å². The van der Waals surface area contributed by atoms with Crippen LogP contribution in [0.2, 0.25) is 0 Å². The molecular weight excluding hydrogens is 216 g/mol. The van der Waals surface area contributed by atoms with Crippen LogP contribution in [-0.2, 0) is 9.59 Å². The Bertz CT molecular complexity index is 235. The lowest BCUT2D eigenvalue weighted by Crippen LogP contribution is -2.51. The van der Waals surface area contributed by atoms with Crippen molar-refractivity contribution in [3.05, 3.63) is 0 Å². The van der Waals surface area contributed by atoms with Crippen molar-refractivity contribution in [2.45, 2.75) is 32.4 Å². The normalized spacial score (nSPS) is 16.5. The van der Waals surface area contributed by atoms with Crippen molar-refractivity contribution >= 4 is 24.5 Å². The van der Waals surface area contributed by atoms with E-state index in [1.54, 1.807) is 6.92 Å². The van der Waals surface area contributed by atoms with Gasteiger partial charge in [0.25, 0.3) is 0 Å². The summed E-state index contributed by atoms with van der Waals surface area (Å²) < 4.78 is 0. The molecule has 0 aromatic heterocycles. The van der Waals surface area contributed by atoms with E-state index < -0.39 is 24.0 Å². The average molecular weight is 234 g/mol. The van der Waals surface area contributed by atoms with Gasteiger partial charge in [0.2, 0.25) is 5.91 Å². The number of hydrogen-bond donors (Lipinski definition) is 4. The Morgan fingerprint density at radius 1 is 1.53 bits per heavy atom. The molecule has 0 rings (SSSR count). The summed E-state index contributed by atoms with van der Waals surface area (Å²) in [7, 11) is 0. The number of nitrogens with two attached hydrogens (primary N) is 1. The van der Waals surface area contributed by atoms with Crippen LogP contribution in [0.25, 0.3) is 0 Å². The minimum absolute atomic E-state index is 0.126. The van der Waals surface area contributed by atoms with Gasteiger partial charge < -0.3 is 16.2 Å². The zero-order chi connectivity index (χ0) is 12.0. The molecule has 1 unspecified atom stereocenters. The smallest absolute Gasteiger partial charge is 0.326 e. The van der Waals surface area contributed by atoms with Gasteiger partial charge in [-0.1, -0.05) is 20.3 Å². The third-order valence-corrected chi connectivity index (χ3v) is 2.70. The summed E-state index contributed by atoms with van der Waals surface area (Å²) in [5, 5.41) is 11.3. The van der Waals surface area contributed by atoms with Crippen molar-refractivity contribution in [1.82, 2.24) is 5.32 Å². The van der Waals surface area contributed by atoms with E-state index in [4.69, 9.17) is 10.8 Å². The lowest BCUT2D eigenvalue weighted by atomic mass is 9.99. The molecule has 15 heavy (non-hydrogen) atoms. The number of rotatable bonds is 6. The lowest BCUT2D eigenvalue weighted by Gasteiger charge is -2.21. The summed E-state index contributed by atoms with van der Waals surface area (Å²) >= 11 is 3.87. The predicted octanol–water partition coefficient (Wildman–Crippen LogP) is -0.141. The van der Waals surface area contributed by atoms with Gasteiger partial charge in [-0.2, -0.15) is 12.6 Å². The number of nitrogens with one attached hydrogen (secondary N) is 1. The number of carbonyl (C=O) groups is 2. The molecule has 0 aromatic carbocycles. The highest BCUT2D eigenvalue weighted by atomic mass is 32.1. The highest BCUT2D eigenvalue weighted by Gasteiger charge is 2.26. The number of amides is 1. The largest absolute Gasteiger partial charge is 0.480 e. The summed E-state index contributed by atoms with van der Waals surface area (Å²) in [6.07, 6.45) is 0.674. The monoisotopic (exact) mass is 234 g/mol. The van der Waals surface area contributed by atoms with Crippen LogP contribution >= 0.6 is 12.6 Å². The Kier molecular flexibility index (Phi) is 6.35. The summed E-state index contributed by atoms with van der Waals surface area (Å²) in [5.41, 5.74) is 5.43. The first-order chi connectivity index (χ1) is 6.93. The molecule has 0 aliphatic heterocycles. The van der Waals surface area contributed by atoms with Crippen LogP contribution in [0.1, 0.15) is 20.3 Å². The third kappa shape index (κ3) is 4.53. The minimum atomic E-state index is -1.04. The first kappa shape index (κ1) is 14.2. The van der Waals surface area contributed by atoms with E-state index in [1.165, 1.54) is 0 Å². The highest BCUT2D eigenvalue weighted by Crippen LogP contribution is 2.08. The van der Waals surface area contributed by atoms with Gasteiger partial charge in [-0.3, -0.25) is 4.79 Å². The zero-order valence-electron chi connectivity index (χ0n) is 8.93. The fourth-order valence-electron chi connectivity index (χ4n) is 1.03. The molecule has 1 amide bonds. The Balaban J connectivity index is 4.42. The lowest BCUT2D eigenvalue weighted by molar-refractivity contribution is -0.143. The van der Waals surface area contributed by atoms with Gasteiger partial charge in [0.1, 0.15) is 6.04 Å². The average Bonchev–Trinajstić information content (AvgIpc) is 2.22. The second-order valence-electron chi connectivity index (χ2n) is 3.50. The zero-order valence-corrected chi connectivity index (χ0v) is 9.83. The molecule has 4 N–H and O–H groups in total. The molecule has 3 atom stereocenters. The van der Waals surface area contributed by atoms with Gasteiger partial charge >= 0.3 is 5.97 Å². The van der Waals surface area contributed by atoms with Crippen molar-refractivity contribution in [3.8, 4) is 0 Å². The van der Waals surface area contributed by atoms with E-state index in [2.05, 4.69) is 17.9 Å². The van der Waals surface area contributed by atoms with Crippen molar-refractivity contribution in [2.75, 3.05) is 5.75 Å². The van der Waals surface area contributed by atoms with Crippen LogP contribution in [0, 0.1) is 5.92 Å². The van der Waals surface area contributed by atoms with E-state index in [0.29, 0.717) is 6.42 Å². The number of carboxylic acid groups (broad SMARTS) is 1.